The lowest BCUT2D eigenvalue weighted by Crippen LogP contribution is -1.85. The van der Waals surface area contributed by atoms with Gasteiger partial charge in [-0.05, 0) is 0 Å². The summed E-state index contributed by atoms with van der Waals surface area (Å²) < 4.78 is 0. The van der Waals surface area contributed by atoms with Gasteiger partial charge in [-0.2, -0.15) is 0 Å². The number of hydrogen-bond donors (Lipinski definition) is 3. The summed E-state index contributed by atoms with van der Waals surface area (Å²) in [5.41, 5.74) is 4.72. The molecule has 0 heterocycles. The Labute approximate surface area is 35.6 Å². The number of aliphatic hydroxyl groups is 1. The third-order valence-corrected chi connectivity index (χ3v) is 0.319. The third kappa shape index (κ3) is 1.34. The van der Waals surface area contributed by atoms with Crippen LogP contribution in [0.15, 0.2) is 12.0 Å². The molecule has 0 unspecified atom stereocenters. The molecule has 3 nitrogen and oxygen atoms in total. The van der Waals surface area contributed by atoms with E-state index in [2.05, 4.69) is 0 Å². The molecule has 0 amide bonds. The average Bonchev–Trinajstić information content (AvgIpc) is 1.65. The molecule has 0 radical (unpaired) electrons. The van der Waals surface area contributed by atoms with E-state index < -0.39 is 0 Å². The van der Waals surface area contributed by atoms with Gasteiger partial charge in [-0.3, -0.25) is 0 Å². The summed E-state index contributed by atoms with van der Waals surface area (Å²) in [6, 6.07) is 0. The first-order chi connectivity index (χ1) is 2.81. The summed E-state index contributed by atoms with van der Waals surface area (Å²) >= 11 is 0. The van der Waals surface area contributed by atoms with Crippen molar-refractivity contribution in [1.29, 1.82) is 5.41 Å². The smallest absolute Gasteiger partial charge is 0.148 e. The summed E-state index contributed by atoms with van der Waals surface area (Å²) in [5, 5.41) is 14.4. The Morgan fingerprint density at radius 3 is 2.33 bits per heavy atom. The Kier molecular flexibility index (Phi) is 1.89. The molecule has 3 heteroatoms. The minimum atomic E-state index is -0.213. The van der Waals surface area contributed by atoms with Crippen LogP contribution in [0.4, 0.5) is 0 Å². The first-order valence-electron chi connectivity index (χ1n) is 1.42. The molecule has 6 heavy (non-hydrogen) atoms. The zero-order valence-electron chi connectivity index (χ0n) is 3.18. The third-order valence-electron chi connectivity index (χ3n) is 0.319. The average molecular weight is 86.1 g/mol. The first kappa shape index (κ1) is 5.01. The zero-order valence-corrected chi connectivity index (χ0v) is 3.18. The fourth-order valence-corrected chi connectivity index (χ4v) is 0.0481. The predicted octanol–water partition coefficient (Wildman–Crippen LogP) is -0.00593. The van der Waals surface area contributed by atoms with E-state index in [1.807, 2.05) is 0 Å². The molecule has 0 rings (SSSR count). The minimum absolute atomic E-state index is 0.213. The highest BCUT2D eigenvalue weighted by Crippen LogP contribution is 1.69. The van der Waals surface area contributed by atoms with Crippen molar-refractivity contribution in [3.63, 3.8) is 0 Å². The zero-order chi connectivity index (χ0) is 4.99. The highest BCUT2D eigenvalue weighted by Gasteiger charge is 1.72. The topological polar surface area (TPSA) is 70.1 Å². The number of nitrogens with two attached hydrogens (primary N) is 1. The van der Waals surface area contributed by atoms with Gasteiger partial charge >= 0.3 is 0 Å². The van der Waals surface area contributed by atoms with Crippen LogP contribution in [-0.4, -0.2) is 11.3 Å². The van der Waals surface area contributed by atoms with Crippen LogP contribution in [-0.2, 0) is 0 Å². The van der Waals surface area contributed by atoms with Crippen LogP contribution in [0, 0.1) is 5.41 Å². The first-order valence-corrected chi connectivity index (χ1v) is 1.42. The van der Waals surface area contributed by atoms with Crippen LogP contribution in [0.5, 0.6) is 0 Å². The standard InChI is InChI=1S/C3H6N2O/c4-1-3(6)2-5/h1-2,4,6H,5H2/b3-2+,4-1?. The van der Waals surface area contributed by atoms with E-state index in [-0.39, 0.29) is 5.76 Å². The lowest BCUT2D eigenvalue weighted by atomic mass is 10.6. The molecule has 0 aliphatic rings. The highest BCUT2D eigenvalue weighted by molar-refractivity contribution is 5.71. The van der Waals surface area contributed by atoms with E-state index in [4.69, 9.17) is 16.2 Å². The Bertz CT molecular complexity index is 76.9. The molecule has 0 spiro atoms. The van der Waals surface area contributed by atoms with Crippen LogP contribution < -0.4 is 5.73 Å². The van der Waals surface area contributed by atoms with Crippen LogP contribution in [0.25, 0.3) is 0 Å². The van der Waals surface area contributed by atoms with Crippen molar-refractivity contribution in [3.8, 4) is 0 Å². The van der Waals surface area contributed by atoms with E-state index in [1.54, 1.807) is 0 Å². The highest BCUT2D eigenvalue weighted by atomic mass is 16.3. The monoisotopic (exact) mass is 86.0 g/mol. The number of rotatable bonds is 1. The van der Waals surface area contributed by atoms with E-state index in [0.29, 0.717) is 0 Å². The van der Waals surface area contributed by atoms with Gasteiger partial charge in [0.15, 0.2) is 0 Å². The van der Waals surface area contributed by atoms with Gasteiger partial charge in [0.25, 0.3) is 0 Å². The second-order valence-electron chi connectivity index (χ2n) is 0.736. The fourth-order valence-electron chi connectivity index (χ4n) is 0.0481. The van der Waals surface area contributed by atoms with Crippen molar-refractivity contribution < 1.29 is 5.11 Å². The number of aliphatic hydroxyl groups excluding tert-OH is 1. The van der Waals surface area contributed by atoms with Crippen molar-refractivity contribution in [1.82, 2.24) is 0 Å². The molecular formula is C3H6N2O. The lowest BCUT2D eigenvalue weighted by molar-refractivity contribution is 0.444. The maximum atomic E-state index is 8.16. The van der Waals surface area contributed by atoms with Gasteiger partial charge in [-0.1, -0.05) is 0 Å². The van der Waals surface area contributed by atoms with E-state index in [9.17, 15) is 0 Å². The van der Waals surface area contributed by atoms with E-state index in [0.717, 1.165) is 12.4 Å². The largest absolute Gasteiger partial charge is 0.505 e. The lowest BCUT2D eigenvalue weighted by Gasteiger charge is -1.77. The molecule has 0 aliphatic heterocycles. The Morgan fingerprint density at radius 1 is 1.83 bits per heavy atom. The van der Waals surface area contributed by atoms with Crippen LogP contribution in [0.2, 0.25) is 0 Å². The Hall–Kier alpha value is -0.990. The van der Waals surface area contributed by atoms with E-state index >= 15 is 0 Å². The molecule has 0 aromatic rings. The molecule has 0 aromatic carbocycles. The number of hydrogen-bond acceptors (Lipinski definition) is 3. The molecule has 0 aliphatic carbocycles. The van der Waals surface area contributed by atoms with Crippen molar-refractivity contribution in [2.24, 2.45) is 5.73 Å². The fraction of sp³-hybridized carbons (Fsp3) is 0. The summed E-state index contributed by atoms with van der Waals surface area (Å²) in [6.45, 7) is 0. The van der Waals surface area contributed by atoms with Gasteiger partial charge in [0.1, 0.15) is 5.76 Å². The maximum absolute atomic E-state index is 8.16. The van der Waals surface area contributed by atoms with Gasteiger partial charge in [-0.15, -0.1) is 0 Å². The van der Waals surface area contributed by atoms with Crippen molar-refractivity contribution in [3.05, 3.63) is 12.0 Å². The second kappa shape index (κ2) is 2.26. The SMILES string of the molecule is N=C/C(O)=C\N. The van der Waals surface area contributed by atoms with Gasteiger partial charge in [0.2, 0.25) is 0 Å². The summed E-state index contributed by atoms with van der Waals surface area (Å²) in [5.74, 6) is -0.213. The van der Waals surface area contributed by atoms with Gasteiger partial charge in [0, 0.05) is 6.20 Å². The number of allylic oxidation sites excluding steroid dienone is 1. The normalized spacial score (nSPS) is 11.0. The Morgan fingerprint density at radius 2 is 2.33 bits per heavy atom. The molecule has 0 aromatic heterocycles. The van der Waals surface area contributed by atoms with Crippen molar-refractivity contribution in [2.75, 3.05) is 0 Å². The van der Waals surface area contributed by atoms with Gasteiger partial charge in [-0.25, -0.2) is 0 Å². The number of nitrogens with one attached hydrogen (secondary N) is 1. The Balaban J connectivity index is 3.50. The summed E-state index contributed by atoms with van der Waals surface area (Å²) in [4.78, 5) is 0. The van der Waals surface area contributed by atoms with Crippen molar-refractivity contribution >= 4 is 6.21 Å². The molecule has 0 saturated carbocycles. The van der Waals surface area contributed by atoms with Gasteiger partial charge < -0.3 is 16.2 Å². The minimum Gasteiger partial charge on any atom is -0.505 e. The molecule has 34 valence electrons. The molecule has 0 saturated heterocycles. The molecular weight excluding hydrogens is 80.0 g/mol. The summed E-state index contributed by atoms with van der Waals surface area (Å²) in [6.07, 6.45) is 1.72. The quantitative estimate of drug-likeness (QED) is 0.310. The second-order valence-corrected chi connectivity index (χ2v) is 0.736. The van der Waals surface area contributed by atoms with E-state index in [1.165, 1.54) is 0 Å². The molecule has 0 fully saturated rings. The molecule has 0 atom stereocenters. The van der Waals surface area contributed by atoms with Crippen LogP contribution in [0.1, 0.15) is 0 Å². The van der Waals surface area contributed by atoms with Crippen molar-refractivity contribution in [2.45, 2.75) is 0 Å². The van der Waals surface area contributed by atoms with Crippen LogP contribution in [0.3, 0.4) is 0 Å². The molecule has 4 N–H and O–H groups in total. The maximum Gasteiger partial charge on any atom is 0.148 e. The molecule has 0 bridgehead atoms. The summed E-state index contributed by atoms with van der Waals surface area (Å²) in [7, 11) is 0. The predicted molar refractivity (Wildman–Crippen MR) is 23.7 cm³/mol. The van der Waals surface area contributed by atoms with Crippen LogP contribution >= 0.6 is 0 Å². The van der Waals surface area contributed by atoms with Gasteiger partial charge in [0.05, 0.1) is 6.21 Å².